The fourth-order valence-electron chi connectivity index (χ4n) is 2.52. The van der Waals surface area contributed by atoms with E-state index in [-0.39, 0.29) is 0 Å². The third-order valence-corrected chi connectivity index (χ3v) is 3.91. The molecule has 0 atom stereocenters. The first-order valence-corrected chi connectivity index (χ1v) is 8.34. The van der Waals surface area contributed by atoms with Crippen LogP contribution in [0.4, 0.5) is 0 Å². The number of aryl methyl sites for hydroxylation is 2. The van der Waals surface area contributed by atoms with Crippen molar-refractivity contribution in [1.29, 1.82) is 0 Å². The van der Waals surface area contributed by atoms with E-state index >= 15 is 0 Å². The number of hydrogen-bond acceptors (Lipinski definition) is 3. The van der Waals surface area contributed by atoms with Gasteiger partial charge in [0.05, 0.1) is 6.20 Å². The van der Waals surface area contributed by atoms with Gasteiger partial charge in [-0.15, -0.1) is 5.10 Å². The summed E-state index contributed by atoms with van der Waals surface area (Å²) in [5.41, 5.74) is 3.25. The Morgan fingerprint density at radius 3 is 2.39 bits per heavy atom. The molecule has 0 saturated carbocycles. The molecule has 23 heavy (non-hydrogen) atoms. The van der Waals surface area contributed by atoms with Crippen molar-refractivity contribution in [2.75, 3.05) is 0 Å². The standard InChI is InChI=1S/C18H25N3O2/c1-15-9-11-16(12-10-15)17-14-21(20-19-17)13-7-5-3-2-4-6-8-18(22)23/h9-12,14H,2-8,13H2,1H3,(H,22,23). The fraction of sp³-hybridized carbons (Fsp3) is 0.500. The summed E-state index contributed by atoms with van der Waals surface area (Å²) in [5, 5.41) is 17.0. The van der Waals surface area contributed by atoms with Crippen LogP contribution in [0, 0.1) is 6.92 Å². The molecule has 0 aliphatic heterocycles. The number of unbranched alkanes of at least 4 members (excludes halogenated alkanes) is 5. The zero-order chi connectivity index (χ0) is 16.5. The van der Waals surface area contributed by atoms with Crippen LogP contribution in [0.1, 0.15) is 50.5 Å². The van der Waals surface area contributed by atoms with E-state index in [1.165, 1.54) is 5.56 Å². The Balaban J connectivity index is 1.63. The van der Waals surface area contributed by atoms with E-state index in [9.17, 15) is 4.79 Å². The molecule has 5 heteroatoms. The summed E-state index contributed by atoms with van der Waals surface area (Å²) >= 11 is 0. The van der Waals surface area contributed by atoms with Crippen LogP contribution in [0.25, 0.3) is 11.3 Å². The van der Waals surface area contributed by atoms with E-state index in [0.717, 1.165) is 56.3 Å². The second-order valence-corrected chi connectivity index (χ2v) is 6.00. The first kappa shape index (κ1) is 17.2. The van der Waals surface area contributed by atoms with Gasteiger partial charge in [-0.05, 0) is 19.8 Å². The van der Waals surface area contributed by atoms with Gasteiger partial charge in [-0.1, -0.05) is 60.7 Å². The second kappa shape index (κ2) is 9.08. The summed E-state index contributed by atoms with van der Waals surface area (Å²) in [6.45, 7) is 2.95. The first-order valence-electron chi connectivity index (χ1n) is 8.34. The van der Waals surface area contributed by atoms with E-state index in [1.807, 2.05) is 10.9 Å². The zero-order valence-electron chi connectivity index (χ0n) is 13.7. The van der Waals surface area contributed by atoms with Crippen molar-refractivity contribution in [2.45, 2.75) is 58.4 Å². The van der Waals surface area contributed by atoms with E-state index in [0.29, 0.717) is 6.42 Å². The van der Waals surface area contributed by atoms with Crippen LogP contribution in [-0.2, 0) is 11.3 Å². The quantitative estimate of drug-likeness (QED) is 0.671. The molecule has 1 N–H and O–H groups in total. The average Bonchev–Trinajstić information content (AvgIpc) is 2.99. The number of benzene rings is 1. The van der Waals surface area contributed by atoms with Gasteiger partial charge in [0.2, 0.25) is 0 Å². The van der Waals surface area contributed by atoms with Crippen molar-refractivity contribution in [1.82, 2.24) is 15.0 Å². The molecule has 0 bridgehead atoms. The lowest BCUT2D eigenvalue weighted by molar-refractivity contribution is -0.137. The molecule has 0 spiro atoms. The van der Waals surface area contributed by atoms with E-state index < -0.39 is 5.97 Å². The van der Waals surface area contributed by atoms with Gasteiger partial charge in [-0.2, -0.15) is 0 Å². The van der Waals surface area contributed by atoms with Gasteiger partial charge in [0, 0.05) is 18.5 Å². The molecular formula is C18H25N3O2. The summed E-state index contributed by atoms with van der Waals surface area (Å²) in [7, 11) is 0. The number of nitrogens with zero attached hydrogens (tertiary/aromatic N) is 3. The molecule has 2 rings (SSSR count). The summed E-state index contributed by atoms with van der Waals surface area (Å²) in [4.78, 5) is 10.4. The molecule has 0 saturated heterocycles. The van der Waals surface area contributed by atoms with Crippen molar-refractivity contribution in [2.24, 2.45) is 0 Å². The highest BCUT2D eigenvalue weighted by Gasteiger charge is 2.03. The van der Waals surface area contributed by atoms with Gasteiger partial charge in [0.1, 0.15) is 5.69 Å². The highest BCUT2D eigenvalue weighted by atomic mass is 16.4. The Labute approximate surface area is 137 Å². The van der Waals surface area contributed by atoms with Crippen molar-refractivity contribution in [3.05, 3.63) is 36.0 Å². The molecule has 0 radical (unpaired) electrons. The highest BCUT2D eigenvalue weighted by molar-refractivity contribution is 5.66. The lowest BCUT2D eigenvalue weighted by Gasteiger charge is -2.01. The van der Waals surface area contributed by atoms with Crippen LogP contribution < -0.4 is 0 Å². The number of aromatic nitrogens is 3. The molecule has 124 valence electrons. The number of carboxylic acids is 1. The SMILES string of the molecule is Cc1ccc(-c2cn(CCCCCCCCC(=O)O)nn2)cc1. The van der Waals surface area contributed by atoms with Gasteiger partial charge in [-0.3, -0.25) is 9.48 Å². The van der Waals surface area contributed by atoms with E-state index in [2.05, 4.69) is 41.5 Å². The van der Waals surface area contributed by atoms with Crippen LogP contribution in [0.3, 0.4) is 0 Å². The Kier molecular flexibility index (Phi) is 6.78. The van der Waals surface area contributed by atoms with E-state index in [1.54, 1.807) is 0 Å². The molecule has 0 aliphatic carbocycles. The third kappa shape index (κ3) is 6.22. The third-order valence-electron chi connectivity index (χ3n) is 3.91. The van der Waals surface area contributed by atoms with Crippen LogP contribution in [0.5, 0.6) is 0 Å². The molecule has 0 aliphatic rings. The first-order chi connectivity index (χ1) is 11.1. The maximum atomic E-state index is 10.4. The number of carboxylic acid groups (broad SMARTS) is 1. The van der Waals surface area contributed by atoms with Crippen molar-refractivity contribution in [3.8, 4) is 11.3 Å². The lowest BCUT2D eigenvalue weighted by atomic mass is 10.1. The van der Waals surface area contributed by atoms with Crippen LogP contribution >= 0.6 is 0 Å². The summed E-state index contributed by atoms with van der Waals surface area (Å²) in [5.74, 6) is -0.694. The molecule has 0 amide bonds. The number of aliphatic carboxylic acids is 1. The van der Waals surface area contributed by atoms with Gasteiger partial charge < -0.3 is 5.11 Å². The molecule has 2 aromatic rings. The Hall–Kier alpha value is -2.17. The zero-order valence-corrected chi connectivity index (χ0v) is 13.7. The van der Waals surface area contributed by atoms with Crippen molar-refractivity contribution < 1.29 is 9.90 Å². The Bertz CT molecular complexity index is 605. The Morgan fingerprint density at radius 1 is 1.04 bits per heavy atom. The minimum absolute atomic E-state index is 0.292. The number of rotatable bonds is 10. The fourth-order valence-corrected chi connectivity index (χ4v) is 2.52. The van der Waals surface area contributed by atoms with Gasteiger partial charge in [-0.25, -0.2) is 0 Å². The van der Waals surface area contributed by atoms with Crippen LogP contribution in [0.15, 0.2) is 30.5 Å². The lowest BCUT2D eigenvalue weighted by Crippen LogP contribution is -1.98. The minimum atomic E-state index is -0.694. The maximum absolute atomic E-state index is 10.4. The normalized spacial score (nSPS) is 10.8. The minimum Gasteiger partial charge on any atom is -0.481 e. The molecule has 0 fully saturated rings. The molecular weight excluding hydrogens is 290 g/mol. The Morgan fingerprint density at radius 2 is 1.70 bits per heavy atom. The van der Waals surface area contributed by atoms with Gasteiger partial charge >= 0.3 is 5.97 Å². The monoisotopic (exact) mass is 315 g/mol. The van der Waals surface area contributed by atoms with Crippen LogP contribution in [-0.4, -0.2) is 26.1 Å². The second-order valence-electron chi connectivity index (χ2n) is 6.00. The number of hydrogen-bond donors (Lipinski definition) is 1. The molecule has 1 aromatic carbocycles. The van der Waals surface area contributed by atoms with Crippen molar-refractivity contribution >= 4 is 5.97 Å². The largest absolute Gasteiger partial charge is 0.481 e. The summed E-state index contributed by atoms with van der Waals surface area (Å²) in [6.07, 6.45) is 8.57. The average molecular weight is 315 g/mol. The smallest absolute Gasteiger partial charge is 0.303 e. The number of carbonyl (C=O) groups is 1. The molecule has 5 nitrogen and oxygen atoms in total. The molecule has 0 unspecified atom stereocenters. The maximum Gasteiger partial charge on any atom is 0.303 e. The topological polar surface area (TPSA) is 68.0 Å². The van der Waals surface area contributed by atoms with E-state index in [4.69, 9.17) is 5.11 Å². The van der Waals surface area contributed by atoms with Crippen LogP contribution in [0.2, 0.25) is 0 Å². The predicted octanol–water partition coefficient (Wildman–Crippen LogP) is 4.07. The molecule has 1 heterocycles. The van der Waals surface area contributed by atoms with Gasteiger partial charge in [0.15, 0.2) is 0 Å². The highest BCUT2D eigenvalue weighted by Crippen LogP contribution is 2.16. The predicted molar refractivity (Wildman–Crippen MR) is 90.1 cm³/mol. The van der Waals surface area contributed by atoms with Crippen molar-refractivity contribution in [3.63, 3.8) is 0 Å². The summed E-state index contributed by atoms with van der Waals surface area (Å²) in [6, 6.07) is 8.30. The van der Waals surface area contributed by atoms with Gasteiger partial charge in [0.25, 0.3) is 0 Å². The summed E-state index contributed by atoms with van der Waals surface area (Å²) < 4.78 is 1.90. The molecule has 1 aromatic heterocycles.